The van der Waals surface area contributed by atoms with E-state index in [1.165, 1.54) is 4.90 Å². The van der Waals surface area contributed by atoms with Gasteiger partial charge in [-0.2, -0.15) is 0 Å². The Morgan fingerprint density at radius 3 is 0.811 bits per heavy atom. The molecular weight excluding hydrogens is 661 g/mol. The highest BCUT2D eigenvalue weighted by Crippen LogP contribution is 2.39. The van der Waals surface area contributed by atoms with Crippen LogP contribution in [0.3, 0.4) is 0 Å². The van der Waals surface area contributed by atoms with Crippen LogP contribution in [0.1, 0.15) is 22.3 Å². The number of likely N-dealkylation sites (N-methyl/N-ethyl adjacent to an activating group) is 4. The second kappa shape index (κ2) is 18.6. The van der Waals surface area contributed by atoms with Crippen molar-refractivity contribution in [1.29, 1.82) is 0 Å². The highest BCUT2D eigenvalue weighted by molar-refractivity contribution is 6.04. The molecule has 4 aromatic rings. The standard InChI is InChI=1S/C45H65N4O4/c1-46(2)28-32-50-40-20-12-36(13-21-40)44(37-14-22-41(23-15-37)51-33-29-47(3,4)5)45(38-16-24-42(25-17-38)52-34-30-48(6,7)8)39-18-26-43(27-19-39)53-35-31-49(9,10)11/h12-27H,28-35H2,1-11H3/q+3/p+1. The predicted octanol–water partition coefficient (Wildman–Crippen LogP) is 5.47. The van der Waals surface area contributed by atoms with E-state index in [9.17, 15) is 0 Å². The molecule has 0 aliphatic rings. The Hall–Kier alpha value is -4.34. The van der Waals surface area contributed by atoms with Crippen molar-refractivity contribution in [2.45, 2.75) is 0 Å². The van der Waals surface area contributed by atoms with Crippen LogP contribution in [0, 0.1) is 0 Å². The van der Waals surface area contributed by atoms with E-state index >= 15 is 0 Å². The first-order chi connectivity index (χ1) is 25.0. The van der Waals surface area contributed by atoms with E-state index in [4.69, 9.17) is 18.9 Å². The monoisotopic (exact) mass is 727 g/mol. The molecule has 8 nitrogen and oxygen atoms in total. The zero-order valence-corrected chi connectivity index (χ0v) is 34.4. The van der Waals surface area contributed by atoms with Crippen LogP contribution in [0.25, 0.3) is 11.1 Å². The van der Waals surface area contributed by atoms with Crippen LogP contribution in [-0.2, 0) is 0 Å². The number of quaternary nitrogens is 4. The molecule has 1 N–H and O–H groups in total. The highest BCUT2D eigenvalue weighted by Gasteiger charge is 2.18. The maximum absolute atomic E-state index is 6.18. The minimum Gasteiger partial charge on any atom is -0.488 e. The molecule has 0 spiro atoms. The molecule has 0 amide bonds. The number of nitrogens with one attached hydrogen (secondary N) is 1. The van der Waals surface area contributed by atoms with E-state index in [0.717, 1.165) is 96.0 Å². The van der Waals surface area contributed by atoms with Crippen LogP contribution in [0.4, 0.5) is 0 Å². The molecule has 0 unspecified atom stereocenters. The molecule has 0 heterocycles. The van der Waals surface area contributed by atoms with Crippen LogP contribution in [0.15, 0.2) is 97.1 Å². The molecular formula is C45H66N4O4+4. The van der Waals surface area contributed by atoms with Gasteiger partial charge in [0.25, 0.3) is 0 Å². The Kier molecular flexibility index (Phi) is 14.5. The van der Waals surface area contributed by atoms with E-state index in [1.807, 2.05) is 0 Å². The molecule has 0 aliphatic carbocycles. The van der Waals surface area contributed by atoms with Gasteiger partial charge in [-0.1, -0.05) is 48.5 Å². The third-order valence-electron chi connectivity index (χ3n) is 8.79. The number of ether oxygens (including phenoxy) is 4. The van der Waals surface area contributed by atoms with Gasteiger partial charge in [0, 0.05) is 0 Å². The van der Waals surface area contributed by atoms with Crippen LogP contribution in [0.2, 0.25) is 0 Å². The van der Waals surface area contributed by atoms with E-state index in [2.05, 4.69) is 175 Å². The first-order valence-corrected chi connectivity index (χ1v) is 18.8. The number of hydrogen-bond donors (Lipinski definition) is 1. The zero-order valence-electron chi connectivity index (χ0n) is 34.4. The van der Waals surface area contributed by atoms with Crippen LogP contribution < -0.4 is 23.8 Å². The van der Waals surface area contributed by atoms with Gasteiger partial charge in [-0.25, -0.2) is 0 Å². The minimum atomic E-state index is 0.653. The maximum Gasteiger partial charge on any atom is 0.137 e. The van der Waals surface area contributed by atoms with Crippen molar-refractivity contribution in [3.05, 3.63) is 119 Å². The fourth-order valence-corrected chi connectivity index (χ4v) is 5.47. The first-order valence-electron chi connectivity index (χ1n) is 18.8. The third-order valence-corrected chi connectivity index (χ3v) is 8.79. The van der Waals surface area contributed by atoms with Gasteiger partial charge >= 0.3 is 0 Å². The summed E-state index contributed by atoms with van der Waals surface area (Å²) < 4.78 is 27.2. The smallest absolute Gasteiger partial charge is 0.137 e. The summed E-state index contributed by atoms with van der Waals surface area (Å²) in [5.41, 5.74) is 6.60. The van der Waals surface area contributed by atoms with E-state index in [1.54, 1.807) is 0 Å². The predicted molar refractivity (Wildman–Crippen MR) is 219 cm³/mol. The number of nitrogens with zero attached hydrogens (tertiary/aromatic N) is 3. The molecule has 0 aliphatic heterocycles. The number of rotatable bonds is 20. The molecule has 0 saturated heterocycles. The molecule has 0 radical (unpaired) electrons. The summed E-state index contributed by atoms with van der Waals surface area (Å²) in [4.78, 5) is 1.36. The van der Waals surface area contributed by atoms with E-state index in [-0.39, 0.29) is 0 Å². The summed E-state index contributed by atoms with van der Waals surface area (Å²) in [5, 5.41) is 0. The van der Waals surface area contributed by atoms with Gasteiger partial charge in [-0.3, -0.25) is 0 Å². The van der Waals surface area contributed by atoms with Gasteiger partial charge < -0.3 is 37.3 Å². The van der Waals surface area contributed by atoms with Gasteiger partial charge in [0.2, 0.25) is 0 Å². The molecule has 4 aromatic carbocycles. The van der Waals surface area contributed by atoms with E-state index < -0.39 is 0 Å². The summed E-state index contributed by atoms with van der Waals surface area (Å²) in [6, 6.07) is 34.0. The van der Waals surface area contributed by atoms with Crippen molar-refractivity contribution in [3.63, 3.8) is 0 Å². The second-order valence-electron chi connectivity index (χ2n) is 17.2. The fourth-order valence-electron chi connectivity index (χ4n) is 5.47. The van der Waals surface area contributed by atoms with Gasteiger partial charge in [0.05, 0.1) is 77.5 Å². The first kappa shape index (κ1) is 41.4. The quantitative estimate of drug-likeness (QED) is 0.0970. The average molecular weight is 727 g/mol. The lowest BCUT2D eigenvalue weighted by Crippen LogP contribution is -3.06. The van der Waals surface area contributed by atoms with Gasteiger partial charge in [0.15, 0.2) is 0 Å². The zero-order chi connectivity index (χ0) is 38.6. The molecule has 0 atom stereocenters. The topological polar surface area (TPSA) is 41.4 Å². The molecule has 4 rings (SSSR count). The number of hydrogen-bond acceptors (Lipinski definition) is 4. The van der Waals surface area contributed by atoms with Crippen molar-refractivity contribution in [1.82, 2.24) is 0 Å². The molecule has 53 heavy (non-hydrogen) atoms. The van der Waals surface area contributed by atoms with Gasteiger partial charge in [0.1, 0.15) is 75.6 Å². The Balaban J connectivity index is 1.80. The van der Waals surface area contributed by atoms with Crippen LogP contribution in [-0.4, -0.2) is 144 Å². The lowest BCUT2D eigenvalue weighted by Gasteiger charge is -2.24. The van der Waals surface area contributed by atoms with Gasteiger partial charge in [-0.05, 0) is 81.9 Å². The molecule has 0 bridgehead atoms. The lowest BCUT2D eigenvalue weighted by molar-refractivity contribution is -0.870. The Morgan fingerprint density at radius 2 is 0.604 bits per heavy atom. The summed E-state index contributed by atoms with van der Waals surface area (Å²) in [6.07, 6.45) is 0. The number of benzene rings is 4. The average Bonchev–Trinajstić information content (AvgIpc) is 3.07. The third kappa shape index (κ3) is 14.5. The van der Waals surface area contributed by atoms with Crippen LogP contribution >= 0.6 is 0 Å². The summed E-state index contributed by atoms with van der Waals surface area (Å²) in [6.45, 7) is 6.32. The fraction of sp³-hybridized carbons (Fsp3) is 0.422. The summed E-state index contributed by atoms with van der Waals surface area (Å²) in [7, 11) is 23.9. The second-order valence-corrected chi connectivity index (χ2v) is 17.2. The van der Waals surface area contributed by atoms with Crippen molar-refractivity contribution in [2.75, 3.05) is 130 Å². The Bertz CT molecular complexity index is 1650. The van der Waals surface area contributed by atoms with Crippen molar-refractivity contribution in [3.8, 4) is 23.0 Å². The SMILES string of the molecule is C[NH+](C)CCOc1ccc(C(=C(c2ccc(OCC[N+](C)(C)C)cc2)c2ccc(OCC[N+](C)(C)C)cc2)c2ccc(OCC[N+](C)(C)C)cc2)cc1. The van der Waals surface area contributed by atoms with Crippen molar-refractivity contribution >= 4 is 11.1 Å². The Morgan fingerprint density at radius 1 is 0.377 bits per heavy atom. The summed E-state index contributed by atoms with van der Waals surface area (Å²) in [5.74, 6) is 3.45. The maximum atomic E-state index is 6.18. The van der Waals surface area contributed by atoms with Gasteiger partial charge in [-0.15, -0.1) is 0 Å². The van der Waals surface area contributed by atoms with Crippen molar-refractivity contribution in [2.24, 2.45) is 0 Å². The molecule has 8 heteroatoms. The molecule has 0 aromatic heterocycles. The minimum absolute atomic E-state index is 0.653. The lowest BCUT2D eigenvalue weighted by atomic mass is 9.85. The van der Waals surface area contributed by atoms with Crippen LogP contribution in [0.5, 0.6) is 23.0 Å². The van der Waals surface area contributed by atoms with Crippen molar-refractivity contribution < 1.29 is 37.3 Å². The Labute approximate surface area is 320 Å². The largest absolute Gasteiger partial charge is 0.488 e. The highest BCUT2D eigenvalue weighted by atomic mass is 16.5. The van der Waals surface area contributed by atoms with E-state index in [0.29, 0.717) is 26.4 Å². The molecule has 0 fully saturated rings. The normalized spacial score (nSPS) is 12.1. The summed E-state index contributed by atoms with van der Waals surface area (Å²) >= 11 is 0. The molecule has 0 saturated carbocycles. The molecule has 286 valence electrons.